The van der Waals surface area contributed by atoms with Gasteiger partial charge in [-0.15, -0.1) is 0 Å². The molecule has 0 radical (unpaired) electrons. The van der Waals surface area contributed by atoms with Gasteiger partial charge in [0, 0.05) is 23.2 Å². The van der Waals surface area contributed by atoms with Crippen LogP contribution in [-0.4, -0.2) is 10.2 Å². The zero-order valence-electron chi connectivity index (χ0n) is 17.7. The first-order valence-electron chi connectivity index (χ1n) is 10.3. The maximum atomic E-state index is 13.1. The molecule has 2 aromatic carbocycles. The Hall–Kier alpha value is -2.32. The predicted octanol–water partition coefficient (Wildman–Crippen LogP) is 6.97. The maximum absolute atomic E-state index is 13.1. The number of dihydropyridines is 1. The van der Waals surface area contributed by atoms with Crippen LogP contribution in [0.15, 0.2) is 77.9 Å². The minimum atomic E-state index is -0.854. The van der Waals surface area contributed by atoms with E-state index in [1.807, 2.05) is 24.3 Å². The number of benzene rings is 2. The summed E-state index contributed by atoms with van der Waals surface area (Å²) < 4.78 is 12.2. The summed E-state index contributed by atoms with van der Waals surface area (Å²) in [4.78, 5) is 0. The number of nitrogens with one attached hydrogen (secondary N) is 1. The molecule has 2 unspecified atom stereocenters. The van der Waals surface area contributed by atoms with Crippen molar-refractivity contribution in [2.45, 2.75) is 43.8 Å². The molecule has 0 saturated heterocycles. The van der Waals surface area contributed by atoms with E-state index in [2.05, 4.69) is 80.4 Å². The van der Waals surface area contributed by atoms with E-state index in [1.54, 1.807) is 22.6 Å². The summed E-state index contributed by atoms with van der Waals surface area (Å²) in [6.07, 6.45) is 8.03. The van der Waals surface area contributed by atoms with Gasteiger partial charge in [0.2, 0.25) is 0 Å². The lowest BCUT2D eigenvalue weighted by atomic mass is 9.92. The third kappa shape index (κ3) is 5.86. The van der Waals surface area contributed by atoms with E-state index in [4.69, 9.17) is 0 Å². The van der Waals surface area contributed by atoms with Crippen molar-refractivity contribution in [3.63, 3.8) is 0 Å². The van der Waals surface area contributed by atoms with Gasteiger partial charge in [-0.1, -0.05) is 55.2 Å². The SMILES string of the molecule is C/C=C\C1NC(c2ccc(C#Cc3ccc(CC(F)I)cc3)cc2)=CC(C)=C1CC. The molecule has 1 heterocycles. The molecule has 154 valence electrons. The van der Waals surface area contributed by atoms with Gasteiger partial charge in [0.05, 0.1) is 6.04 Å². The molecule has 1 nitrogen and oxygen atoms in total. The molecular formula is C27H27FIN. The fourth-order valence-corrected chi connectivity index (χ4v) is 4.16. The minimum absolute atomic E-state index is 0.252. The van der Waals surface area contributed by atoms with E-state index in [9.17, 15) is 4.39 Å². The normalized spacial score (nSPS) is 17.2. The van der Waals surface area contributed by atoms with Crippen molar-refractivity contribution >= 4 is 28.3 Å². The van der Waals surface area contributed by atoms with Crippen LogP contribution in [0.3, 0.4) is 0 Å². The number of hydrogen-bond donors (Lipinski definition) is 1. The van der Waals surface area contributed by atoms with E-state index in [0.29, 0.717) is 6.42 Å². The molecule has 0 amide bonds. The summed E-state index contributed by atoms with van der Waals surface area (Å²) in [5.41, 5.74) is 7.98. The van der Waals surface area contributed by atoms with Gasteiger partial charge in [0.1, 0.15) is 0 Å². The van der Waals surface area contributed by atoms with Crippen molar-refractivity contribution in [3.05, 3.63) is 100 Å². The second-order valence-corrected chi connectivity index (χ2v) is 8.74. The van der Waals surface area contributed by atoms with Crippen molar-refractivity contribution in [2.75, 3.05) is 0 Å². The van der Waals surface area contributed by atoms with Gasteiger partial charge in [-0.3, -0.25) is 0 Å². The van der Waals surface area contributed by atoms with Crippen LogP contribution in [-0.2, 0) is 6.42 Å². The average Bonchev–Trinajstić information content (AvgIpc) is 2.73. The van der Waals surface area contributed by atoms with Crippen molar-refractivity contribution in [1.82, 2.24) is 5.32 Å². The van der Waals surface area contributed by atoms with Crippen LogP contribution in [0, 0.1) is 11.8 Å². The maximum Gasteiger partial charge on any atom is 0.155 e. The number of halogens is 2. The molecule has 0 spiro atoms. The molecular weight excluding hydrogens is 484 g/mol. The molecule has 3 heteroatoms. The highest BCUT2D eigenvalue weighted by molar-refractivity contribution is 14.1. The van der Waals surface area contributed by atoms with E-state index < -0.39 is 4.18 Å². The van der Waals surface area contributed by atoms with E-state index in [0.717, 1.165) is 34.4 Å². The van der Waals surface area contributed by atoms with Gasteiger partial charge in [0.25, 0.3) is 0 Å². The monoisotopic (exact) mass is 511 g/mol. The highest BCUT2D eigenvalue weighted by Crippen LogP contribution is 2.26. The topological polar surface area (TPSA) is 12.0 Å². The lowest BCUT2D eigenvalue weighted by Crippen LogP contribution is -2.31. The highest BCUT2D eigenvalue weighted by atomic mass is 127. The van der Waals surface area contributed by atoms with Crippen LogP contribution < -0.4 is 5.32 Å². The standard InChI is InChI=1S/C27H27FIN/c1-4-6-25-24(5-2)19(3)17-26(30-25)23-15-13-21(14-16-23)8-7-20-9-11-22(12-10-20)18-27(28)29/h4,6,9-17,25,27,30H,5,18H2,1-3H3/b6-4-. The molecule has 1 aliphatic rings. The molecule has 0 fully saturated rings. The third-order valence-electron chi connectivity index (χ3n) is 5.21. The van der Waals surface area contributed by atoms with Crippen molar-refractivity contribution in [1.29, 1.82) is 0 Å². The van der Waals surface area contributed by atoms with Crippen LogP contribution in [0.4, 0.5) is 4.39 Å². The molecule has 0 aliphatic carbocycles. The Kier molecular flexibility index (Phi) is 7.93. The highest BCUT2D eigenvalue weighted by Gasteiger charge is 2.18. The number of rotatable bonds is 5. The smallest absolute Gasteiger partial charge is 0.155 e. The molecule has 1 N–H and O–H groups in total. The quantitative estimate of drug-likeness (QED) is 0.198. The van der Waals surface area contributed by atoms with Crippen LogP contribution >= 0.6 is 22.6 Å². The van der Waals surface area contributed by atoms with Crippen molar-refractivity contribution in [3.8, 4) is 11.8 Å². The predicted molar refractivity (Wildman–Crippen MR) is 134 cm³/mol. The zero-order valence-corrected chi connectivity index (χ0v) is 19.8. The van der Waals surface area contributed by atoms with Gasteiger partial charge < -0.3 is 5.32 Å². The third-order valence-corrected chi connectivity index (χ3v) is 5.65. The van der Waals surface area contributed by atoms with Gasteiger partial charge in [0.15, 0.2) is 4.18 Å². The molecule has 0 saturated carbocycles. The molecule has 1 aliphatic heterocycles. The molecule has 0 aromatic heterocycles. The summed E-state index contributed by atoms with van der Waals surface area (Å²) in [7, 11) is 0. The second kappa shape index (κ2) is 10.6. The van der Waals surface area contributed by atoms with E-state index in [1.165, 1.54) is 11.1 Å². The molecule has 30 heavy (non-hydrogen) atoms. The minimum Gasteiger partial charge on any atom is -0.375 e. The summed E-state index contributed by atoms with van der Waals surface area (Å²) in [5.74, 6) is 6.41. The van der Waals surface area contributed by atoms with Crippen LogP contribution in [0.2, 0.25) is 0 Å². The van der Waals surface area contributed by atoms with Gasteiger partial charge >= 0.3 is 0 Å². The Morgan fingerprint density at radius 2 is 1.67 bits per heavy atom. The first-order valence-corrected chi connectivity index (χ1v) is 11.5. The van der Waals surface area contributed by atoms with E-state index >= 15 is 0 Å². The first-order chi connectivity index (χ1) is 14.5. The fraction of sp³-hybridized carbons (Fsp3) is 0.259. The molecule has 2 aromatic rings. The lowest BCUT2D eigenvalue weighted by Gasteiger charge is -2.27. The van der Waals surface area contributed by atoms with Gasteiger partial charge in [-0.05, 0) is 95.5 Å². The molecule has 3 rings (SSSR count). The van der Waals surface area contributed by atoms with Crippen LogP contribution in [0.25, 0.3) is 5.70 Å². The molecule has 2 atom stereocenters. The van der Waals surface area contributed by atoms with Gasteiger partial charge in [-0.2, -0.15) is 0 Å². The Morgan fingerprint density at radius 1 is 1.07 bits per heavy atom. The number of hydrogen-bond acceptors (Lipinski definition) is 1. The second-order valence-electron chi connectivity index (χ2n) is 7.39. The summed E-state index contributed by atoms with van der Waals surface area (Å²) in [6, 6.07) is 16.4. The van der Waals surface area contributed by atoms with Crippen LogP contribution in [0.1, 0.15) is 49.4 Å². The van der Waals surface area contributed by atoms with Crippen LogP contribution in [0.5, 0.6) is 0 Å². The lowest BCUT2D eigenvalue weighted by molar-refractivity contribution is 0.471. The summed E-state index contributed by atoms with van der Waals surface area (Å²) in [5, 5.41) is 3.65. The Balaban J connectivity index is 1.75. The fourth-order valence-electron chi connectivity index (χ4n) is 3.65. The van der Waals surface area contributed by atoms with E-state index in [-0.39, 0.29) is 6.04 Å². The van der Waals surface area contributed by atoms with Crippen molar-refractivity contribution < 1.29 is 4.39 Å². The van der Waals surface area contributed by atoms with Gasteiger partial charge in [-0.25, -0.2) is 4.39 Å². The Bertz CT molecular complexity index is 1020. The zero-order chi connectivity index (χ0) is 21.5. The number of allylic oxidation sites excluding steroid dienone is 3. The Labute approximate surface area is 193 Å². The first kappa shape index (κ1) is 22.4. The summed E-state index contributed by atoms with van der Waals surface area (Å²) >= 11 is 1.80. The Morgan fingerprint density at radius 3 is 2.20 bits per heavy atom. The molecule has 0 bridgehead atoms. The van der Waals surface area contributed by atoms with Crippen molar-refractivity contribution in [2.24, 2.45) is 0 Å². The summed E-state index contributed by atoms with van der Waals surface area (Å²) in [6.45, 7) is 6.46. The largest absolute Gasteiger partial charge is 0.375 e. The average molecular weight is 511 g/mol. The number of alkyl halides is 2.